The molecule has 1 aliphatic rings. The molecule has 0 saturated carbocycles. The van der Waals surface area contributed by atoms with Crippen molar-refractivity contribution in [3.05, 3.63) is 393 Å². The molecule has 1 aliphatic carbocycles. The number of nitrogens with zero attached hydrogens (tertiary/aromatic N) is 9. The lowest BCUT2D eigenvalue weighted by Gasteiger charge is -2.21. The number of fused-ring (bicyclic) bond motifs is 30. The van der Waals surface area contributed by atoms with Gasteiger partial charge in [-0.3, -0.25) is 13.7 Å². The Morgan fingerprint density at radius 3 is 1.06 bits per heavy atom. The Hall–Kier alpha value is -15.9. The molecule has 11 aromatic heterocycles. The maximum Gasteiger partial charge on any atom is 0.238 e. The molecule has 0 atom stereocenters. The van der Waals surface area contributed by atoms with E-state index < -0.39 is 0 Å². The smallest absolute Gasteiger partial charge is 0.238 e. The van der Waals surface area contributed by atoms with Gasteiger partial charge in [0.15, 0.2) is 0 Å². The molecule has 0 aliphatic heterocycles. The van der Waals surface area contributed by atoms with E-state index in [0.29, 0.717) is 23.6 Å². The van der Waals surface area contributed by atoms with Crippen LogP contribution in [-0.2, 0) is 5.41 Å². The third-order valence-corrected chi connectivity index (χ3v) is 31.5. The molecule has 0 amide bonds. The molecule has 0 unspecified atom stereocenters. The lowest BCUT2D eigenvalue weighted by Crippen LogP contribution is -2.18. The van der Waals surface area contributed by atoms with Gasteiger partial charge in [0.2, 0.25) is 23.6 Å². The van der Waals surface area contributed by atoms with Crippen LogP contribution in [0.5, 0.6) is 0 Å². The van der Waals surface area contributed by atoms with E-state index in [1.54, 1.807) is 11.3 Å². The topological polar surface area (TPSA) is 105 Å². The first-order valence-corrected chi connectivity index (χ1v) is 47.4. The Kier molecular flexibility index (Phi) is 16.2. The fourth-order valence-electron chi connectivity index (χ4n) is 20.9. The predicted molar refractivity (Wildman–Crippen MR) is 554 cm³/mol. The zero-order valence-corrected chi connectivity index (χ0v) is 73.7. The van der Waals surface area contributed by atoms with Crippen molar-refractivity contribution in [2.24, 2.45) is 0 Å². The number of furan rings is 1. The highest BCUT2D eigenvalue weighted by Gasteiger charge is 2.40. The van der Waals surface area contributed by atoms with Gasteiger partial charge in [0.1, 0.15) is 10.4 Å². The van der Waals surface area contributed by atoms with Crippen molar-refractivity contribution in [1.82, 2.24) is 43.6 Å². The van der Waals surface area contributed by atoms with Crippen molar-refractivity contribution in [3.8, 4) is 62.7 Å². The number of para-hydroxylation sites is 4. The van der Waals surface area contributed by atoms with Gasteiger partial charge in [-0.15, -0.1) is 45.3 Å². The van der Waals surface area contributed by atoms with Crippen LogP contribution in [0.3, 0.4) is 0 Å². The standard InChI is InChI=1S/C41H27N3S.C38H21N3OS.C38H21N3S2/c1-41(2)32-16-8-5-15-30(32)37-38(26-19-20-29-28-14-7-10-18-35(28)45-36(29)23-26)42-40(43-39(37)41)44-33-17-9-6-13-27(33)31-21-24-11-3-4-12-25(24)22-34(31)44;1-2-10-23-20-31-29(19-22(23)9-1)25-11-3-6-14-30(25)41(31)38-39-36(35-28-13-4-7-15-32(28)42-37(35)40-38)24-17-18-27-26-12-5-8-16-33(26)43-34(27)21-24;1-2-10-23-20-31-29(19-22(23)9-1)25-11-3-6-14-30(25)41(31)38-39-36(35-28-13-5-8-16-33(28)43-37(35)40-38)24-17-18-27-26-12-4-7-15-32(26)42-34(27)21-24/h3-23H,1-2H3;2*1-21H. The molecule has 0 fully saturated rings. The van der Waals surface area contributed by atoms with Crippen LogP contribution in [0.2, 0.25) is 0 Å². The lowest BCUT2D eigenvalue weighted by molar-refractivity contribution is 0.632. The summed E-state index contributed by atoms with van der Waals surface area (Å²) in [6.45, 7) is 4.60. The van der Waals surface area contributed by atoms with Gasteiger partial charge in [0.25, 0.3) is 0 Å². The summed E-state index contributed by atoms with van der Waals surface area (Å²) < 4.78 is 22.0. The zero-order valence-electron chi connectivity index (χ0n) is 70.4. The van der Waals surface area contributed by atoms with Crippen molar-refractivity contribution in [3.63, 3.8) is 0 Å². The van der Waals surface area contributed by atoms with Crippen LogP contribution >= 0.6 is 45.3 Å². The van der Waals surface area contributed by atoms with Crippen LogP contribution in [-0.4, -0.2) is 43.6 Å². The lowest BCUT2D eigenvalue weighted by atomic mass is 9.85. The van der Waals surface area contributed by atoms with Gasteiger partial charge in [0, 0.05) is 141 Å². The molecule has 14 heteroatoms. The first-order valence-electron chi connectivity index (χ1n) is 44.1. The first-order chi connectivity index (χ1) is 64.7. The van der Waals surface area contributed by atoms with Crippen LogP contribution in [0, 0.1) is 0 Å². The van der Waals surface area contributed by atoms with E-state index in [-0.39, 0.29) is 5.41 Å². The molecular formula is C117H69N9OS4. The van der Waals surface area contributed by atoms with E-state index in [0.717, 1.165) is 105 Å². The molecule has 0 bridgehead atoms. The van der Waals surface area contributed by atoms with Crippen molar-refractivity contribution in [2.75, 3.05) is 0 Å². The van der Waals surface area contributed by atoms with Crippen LogP contribution in [0.4, 0.5) is 0 Å². The van der Waals surface area contributed by atoms with E-state index in [1.165, 1.54) is 146 Å². The minimum Gasteiger partial charge on any atom is -0.437 e. The van der Waals surface area contributed by atoms with Gasteiger partial charge in [0.05, 0.1) is 61.3 Å². The van der Waals surface area contributed by atoms with Gasteiger partial charge >= 0.3 is 0 Å². The van der Waals surface area contributed by atoms with Crippen molar-refractivity contribution in [1.29, 1.82) is 0 Å². The quantitative estimate of drug-likeness (QED) is 0.163. The van der Waals surface area contributed by atoms with Crippen LogP contribution in [0.25, 0.3) is 263 Å². The second-order valence-electron chi connectivity index (χ2n) is 34.7. The Morgan fingerprint density at radius 2 is 0.588 bits per heavy atom. The summed E-state index contributed by atoms with van der Waals surface area (Å²) >= 11 is 7.25. The summed E-state index contributed by atoms with van der Waals surface area (Å²) in [7, 11) is 0. The Labute approximate surface area is 763 Å². The summed E-state index contributed by atoms with van der Waals surface area (Å²) in [5.74, 6) is 2.01. The van der Waals surface area contributed by atoms with Gasteiger partial charge in [-0.1, -0.05) is 293 Å². The fourth-order valence-corrected chi connectivity index (χ4v) is 25.4. The normalized spacial score (nSPS) is 12.7. The second-order valence-corrected chi connectivity index (χ2v) is 39.0. The number of thiophene rings is 4. The summed E-state index contributed by atoms with van der Waals surface area (Å²) in [6, 6.07) is 137. The fraction of sp³-hybridized carbons (Fsp3) is 0.0256. The molecule has 612 valence electrons. The first kappa shape index (κ1) is 74.2. The SMILES string of the molecule is CC1(C)c2ccccc2-c2c(-c3ccc4c(c3)sc3ccccc34)nc(-n3c4ccccc4c4cc5ccccc5cc43)nc21.c1ccc2cc3c(cc2c1)c1ccccc1n3-c1nc(-c2ccc3c(c2)sc2ccccc23)c2c(n1)oc1ccccc12.c1ccc2cc3c(cc2c1)c1ccccc1n3-c1nc(-c2ccc3c(c2)sc2ccccc23)c2c(n1)sc1ccccc12. The molecule has 18 aromatic carbocycles. The Morgan fingerprint density at radius 1 is 0.244 bits per heavy atom. The van der Waals surface area contributed by atoms with Crippen LogP contribution < -0.4 is 0 Å². The highest BCUT2D eigenvalue weighted by Crippen LogP contribution is 2.54. The number of rotatable bonds is 6. The number of benzene rings is 18. The van der Waals surface area contributed by atoms with Crippen LogP contribution in [0.15, 0.2) is 387 Å². The predicted octanol–water partition coefficient (Wildman–Crippen LogP) is 32.9. The molecule has 30 rings (SSSR count). The third-order valence-electron chi connectivity index (χ3n) is 27.0. The molecule has 0 radical (unpaired) electrons. The minimum atomic E-state index is -0.272. The molecule has 29 aromatic rings. The summed E-state index contributed by atoms with van der Waals surface area (Å²) in [6.07, 6.45) is 0. The van der Waals surface area contributed by atoms with Gasteiger partial charge in [-0.25, -0.2) is 24.9 Å². The average molecular weight is 1750 g/mol. The van der Waals surface area contributed by atoms with Crippen molar-refractivity contribution < 1.29 is 4.42 Å². The van der Waals surface area contributed by atoms with Gasteiger partial charge in [-0.2, -0.15) is 4.98 Å². The average Bonchev–Trinajstić information content (AvgIpc) is 1.55. The molecule has 11 heterocycles. The molecule has 10 nitrogen and oxygen atoms in total. The highest BCUT2D eigenvalue weighted by atomic mass is 32.1. The minimum absolute atomic E-state index is 0.272. The molecular weight excluding hydrogens is 1680 g/mol. The largest absolute Gasteiger partial charge is 0.437 e. The van der Waals surface area contributed by atoms with Crippen LogP contribution in [0.1, 0.15) is 25.1 Å². The maximum atomic E-state index is 6.42. The summed E-state index contributed by atoms with van der Waals surface area (Å²) in [4.78, 5) is 33.2. The van der Waals surface area contributed by atoms with Crippen molar-refractivity contribution >= 4 is 246 Å². The van der Waals surface area contributed by atoms with Gasteiger partial charge in [-0.05, 0) is 147 Å². The van der Waals surface area contributed by atoms with E-state index in [4.69, 9.17) is 34.3 Å². The zero-order chi connectivity index (χ0) is 86.0. The van der Waals surface area contributed by atoms with Gasteiger partial charge < -0.3 is 4.42 Å². The number of hydrogen-bond acceptors (Lipinski definition) is 11. The molecule has 0 spiro atoms. The van der Waals surface area contributed by atoms with E-state index >= 15 is 0 Å². The summed E-state index contributed by atoms with van der Waals surface area (Å²) in [5, 5.41) is 26.5. The van der Waals surface area contributed by atoms with E-state index in [1.807, 2.05) is 52.2 Å². The molecule has 0 N–H and O–H groups in total. The van der Waals surface area contributed by atoms with Crippen molar-refractivity contribution in [2.45, 2.75) is 19.3 Å². The maximum absolute atomic E-state index is 6.42. The monoisotopic (exact) mass is 1740 g/mol. The Balaban J connectivity index is 0.0000000986. The number of aromatic nitrogens is 9. The number of hydrogen-bond donors (Lipinski definition) is 0. The molecule has 131 heavy (non-hydrogen) atoms. The third kappa shape index (κ3) is 11.4. The second kappa shape index (κ2) is 28.5. The molecule has 0 saturated heterocycles. The van der Waals surface area contributed by atoms with E-state index in [2.05, 4.69) is 392 Å². The Bertz CT molecular complexity index is 9610. The van der Waals surface area contributed by atoms with E-state index in [9.17, 15) is 0 Å². The highest BCUT2D eigenvalue weighted by molar-refractivity contribution is 7.27. The summed E-state index contributed by atoms with van der Waals surface area (Å²) in [5.41, 5.74) is 18.6.